The van der Waals surface area contributed by atoms with E-state index >= 15 is 0 Å². The highest BCUT2D eigenvalue weighted by Gasteiger charge is 2.65. The maximum Gasteiger partial charge on any atom is 0.343 e. The van der Waals surface area contributed by atoms with E-state index in [-0.39, 0.29) is 23.5 Å². The van der Waals surface area contributed by atoms with E-state index in [1.165, 1.54) is 0 Å². The fraction of sp³-hybridized carbons (Fsp3) is 0.250. The second-order valence-electron chi connectivity index (χ2n) is 3.27. The number of alkyl halides is 2. The third-order valence-electron chi connectivity index (χ3n) is 2.04. The number of aliphatic carboxylic acids is 4. The highest BCUT2D eigenvalue weighted by molar-refractivity contribution is 9.16. The van der Waals surface area contributed by atoms with Gasteiger partial charge in [0, 0.05) is 0 Å². The van der Waals surface area contributed by atoms with E-state index < -0.39 is 41.0 Å². The van der Waals surface area contributed by atoms with Crippen LogP contribution in [0.4, 0.5) is 0 Å². The molecule has 0 bridgehead atoms. The van der Waals surface area contributed by atoms with Crippen LogP contribution < -0.4 is 0 Å². The number of carbonyl (C=O) groups is 4. The second-order valence-corrected chi connectivity index (χ2v) is 9.15. The summed E-state index contributed by atoms with van der Waals surface area (Å²) in [5.74, 6) is -6.66. The Bertz CT molecular complexity index is 513. The molecular formula is C8H4Br2O8S2. The lowest BCUT2D eigenvalue weighted by atomic mass is 10.3. The van der Waals surface area contributed by atoms with Gasteiger partial charge in [-0.25, -0.2) is 19.2 Å². The van der Waals surface area contributed by atoms with Crippen molar-refractivity contribution in [3.63, 3.8) is 0 Å². The van der Waals surface area contributed by atoms with Crippen LogP contribution in [-0.4, -0.2) is 51.6 Å². The van der Waals surface area contributed by atoms with Gasteiger partial charge in [0.05, 0.1) is 0 Å². The molecule has 0 aromatic rings. The lowest BCUT2D eigenvalue weighted by Gasteiger charge is -2.38. The van der Waals surface area contributed by atoms with Crippen molar-refractivity contribution < 1.29 is 39.6 Å². The molecule has 20 heavy (non-hydrogen) atoms. The first-order valence-electron chi connectivity index (χ1n) is 4.41. The SMILES string of the molecule is O=C(O)C1=C(C(=O)O)SC(Br)(C(=O)O)C(Br)(C(=O)O)S1. The van der Waals surface area contributed by atoms with Crippen LogP contribution in [-0.2, 0) is 19.2 Å². The predicted octanol–water partition coefficient (Wildman–Crippen LogP) is 1.20. The van der Waals surface area contributed by atoms with Gasteiger partial charge in [0.1, 0.15) is 9.81 Å². The van der Waals surface area contributed by atoms with Crippen molar-refractivity contribution in [1.82, 2.24) is 0 Å². The number of halogens is 2. The molecule has 1 aliphatic rings. The summed E-state index contributed by atoms with van der Waals surface area (Å²) in [6.07, 6.45) is 0. The monoisotopic (exact) mass is 450 g/mol. The molecule has 0 spiro atoms. The van der Waals surface area contributed by atoms with Crippen LogP contribution in [0.1, 0.15) is 0 Å². The highest BCUT2D eigenvalue weighted by Crippen LogP contribution is 2.62. The Hall–Kier alpha value is -0.720. The Morgan fingerprint density at radius 3 is 1.15 bits per heavy atom. The van der Waals surface area contributed by atoms with Crippen LogP contribution >= 0.6 is 55.4 Å². The molecule has 1 heterocycles. The van der Waals surface area contributed by atoms with Gasteiger partial charge >= 0.3 is 23.9 Å². The molecule has 4 N–H and O–H groups in total. The van der Waals surface area contributed by atoms with Gasteiger partial charge in [-0.2, -0.15) is 0 Å². The van der Waals surface area contributed by atoms with Crippen LogP contribution in [0.5, 0.6) is 0 Å². The number of carboxylic acid groups (broad SMARTS) is 4. The Balaban J connectivity index is 3.60. The zero-order chi connectivity index (χ0) is 15.9. The normalized spacial score (nSPS) is 29.9. The lowest BCUT2D eigenvalue weighted by molar-refractivity contribution is -0.143. The molecule has 2 unspecified atom stereocenters. The van der Waals surface area contributed by atoms with E-state index in [2.05, 4.69) is 31.9 Å². The topological polar surface area (TPSA) is 149 Å². The Kier molecular flexibility index (Phi) is 4.83. The maximum atomic E-state index is 11.3. The third-order valence-corrected chi connectivity index (χ3v) is 8.89. The molecule has 2 atom stereocenters. The fourth-order valence-electron chi connectivity index (χ4n) is 1.15. The van der Waals surface area contributed by atoms with Gasteiger partial charge in [-0.3, -0.25) is 0 Å². The van der Waals surface area contributed by atoms with Crippen LogP contribution in [0.15, 0.2) is 9.81 Å². The van der Waals surface area contributed by atoms with E-state index in [9.17, 15) is 19.2 Å². The summed E-state index contributed by atoms with van der Waals surface area (Å²) in [5, 5.41) is 36.2. The van der Waals surface area contributed by atoms with Gasteiger partial charge in [-0.15, -0.1) is 0 Å². The summed E-state index contributed by atoms with van der Waals surface area (Å²) in [4.78, 5) is 43.1. The average molecular weight is 452 g/mol. The standard InChI is InChI=1S/C8H4Br2O8S2/c9-7(5(15)16)8(10,6(17)18)20-2(4(13)14)1(19-7)3(11)12/h(H,11,12)(H,13,14)(H,15,16)(H,17,18). The van der Waals surface area contributed by atoms with E-state index in [4.69, 9.17) is 20.4 Å². The molecule has 12 heteroatoms. The molecule has 1 aliphatic heterocycles. The molecule has 0 aromatic carbocycles. The number of rotatable bonds is 4. The van der Waals surface area contributed by atoms with Crippen molar-refractivity contribution in [2.24, 2.45) is 0 Å². The Labute approximate surface area is 135 Å². The largest absolute Gasteiger partial charge is 0.479 e. The average Bonchev–Trinajstić information content (AvgIpc) is 2.30. The van der Waals surface area contributed by atoms with Crippen molar-refractivity contribution in [3.8, 4) is 0 Å². The minimum absolute atomic E-state index is 0.0896. The second kappa shape index (κ2) is 5.58. The molecule has 1 rings (SSSR count). The van der Waals surface area contributed by atoms with Crippen LogP contribution in [0.3, 0.4) is 0 Å². The molecule has 110 valence electrons. The van der Waals surface area contributed by atoms with Crippen molar-refractivity contribution in [3.05, 3.63) is 9.81 Å². The summed E-state index contributed by atoms with van der Waals surface area (Å²) < 4.78 is -4.60. The summed E-state index contributed by atoms with van der Waals surface area (Å²) >= 11 is 5.57. The van der Waals surface area contributed by atoms with E-state index in [1.54, 1.807) is 0 Å². The van der Waals surface area contributed by atoms with Gasteiger partial charge in [0.2, 0.25) is 7.31 Å². The van der Waals surface area contributed by atoms with Gasteiger partial charge < -0.3 is 20.4 Å². The first-order chi connectivity index (χ1) is 8.97. The van der Waals surface area contributed by atoms with Gasteiger partial charge in [0.25, 0.3) is 0 Å². The number of carboxylic acids is 4. The van der Waals surface area contributed by atoms with Crippen molar-refractivity contribution >= 4 is 79.3 Å². The fourth-order valence-corrected chi connectivity index (χ4v) is 5.15. The predicted molar refractivity (Wildman–Crippen MR) is 76.1 cm³/mol. The first kappa shape index (κ1) is 17.3. The molecule has 0 fully saturated rings. The summed E-state index contributed by atoms with van der Waals surface area (Å²) in [6.45, 7) is 0. The van der Waals surface area contributed by atoms with Crippen LogP contribution in [0, 0.1) is 0 Å². The summed E-state index contributed by atoms with van der Waals surface area (Å²) in [6, 6.07) is 0. The minimum Gasteiger partial charge on any atom is -0.479 e. The van der Waals surface area contributed by atoms with Crippen LogP contribution in [0.2, 0.25) is 0 Å². The molecule has 0 amide bonds. The quantitative estimate of drug-likeness (QED) is 0.459. The molecule has 8 nitrogen and oxygen atoms in total. The summed E-state index contributed by atoms with van der Waals surface area (Å²) in [7, 11) is 0. The molecule has 0 aromatic heterocycles. The minimum atomic E-state index is -2.30. The Morgan fingerprint density at radius 1 is 0.750 bits per heavy atom. The van der Waals surface area contributed by atoms with Gasteiger partial charge in [0.15, 0.2) is 0 Å². The Morgan fingerprint density at radius 2 is 1.00 bits per heavy atom. The highest BCUT2D eigenvalue weighted by atomic mass is 79.9. The van der Waals surface area contributed by atoms with Crippen molar-refractivity contribution in [2.45, 2.75) is 7.31 Å². The first-order valence-corrected chi connectivity index (χ1v) is 7.62. The van der Waals surface area contributed by atoms with E-state index in [0.717, 1.165) is 0 Å². The molecule has 0 aliphatic carbocycles. The van der Waals surface area contributed by atoms with Gasteiger partial charge in [-0.05, 0) is 0 Å². The summed E-state index contributed by atoms with van der Waals surface area (Å²) in [5.41, 5.74) is 0. The van der Waals surface area contributed by atoms with E-state index in [1.807, 2.05) is 0 Å². The van der Waals surface area contributed by atoms with Gasteiger partial charge in [-0.1, -0.05) is 55.4 Å². The van der Waals surface area contributed by atoms with Crippen LogP contribution in [0.25, 0.3) is 0 Å². The number of hydrogen-bond acceptors (Lipinski definition) is 6. The molecule has 0 radical (unpaired) electrons. The smallest absolute Gasteiger partial charge is 0.343 e. The number of thioether (sulfide) groups is 2. The van der Waals surface area contributed by atoms with E-state index in [0.29, 0.717) is 0 Å². The maximum absolute atomic E-state index is 11.3. The van der Waals surface area contributed by atoms with Crippen molar-refractivity contribution in [1.29, 1.82) is 0 Å². The molecule has 0 saturated carbocycles. The lowest BCUT2D eigenvalue weighted by Crippen LogP contribution is -2.53. The molecule has 0 saturated heterocycles. The third kappa shape index (κ3) is 2.56. The number of hydrogen-bond donors (Lipinski definition) is 4. The zero-order valence-electron chi connectivity index (χ0n) is 8.99. The molecular weight excluding hydrogens is 448 g/mol. The zero-order valence-corrected chi connectivity index (χ0v) is 13.8. The van der Waals surface area contributed by atoms with Crippen molar-refractivity contribution in [2.75, 3.05) is 0 Å².